The Hall–Kier alpha value is -3.18. The van der Waals surface area contributed by atoms with Crippen LogP contribution in [-0.4, -0.2) is 32.0 Å². The fourth-order valence-corrected chi connectivity index (χ4v) is 3.62. The second-order valence-electron chi connectivity index (χ2n) is 7.76. The van der Waals surface area contributed by atoms with Crippen molar-refractivity contribution < 1.29 is 9.18 Å². The Balaban J connectivity index is 1.92. The van der Waals surface area contributed by atoms with Gasteiger partial charge in [-0.2, -0.15) is 5.26 Å². The van der Waals surface area contributed by atoms with Gasteiger partial charge in [-0.15, -0.1) is 10.2 Å². The van der Waals surface area contributed by atoms with Crippen LogP contribution in [0.2, 0.25) is 0 Å². The Morgan fingerprint density at radius 1 is 1.23 bits per heavy atom. The quantitative estimate of drug-likeness (QED) is 0.549. The number of benzene rings is 2. The summed E-state index contributed by atoms with van der Waals surface area (Å²) in [5, 5.41) is 21.1. The summed E-state index contributed by atoms with van der Waals surface area (Å²) in [5.74, 6) is -0.331. The van der Waals surface area contributed by atoms with Crippen molar-refractivity contribution in [3.05, 3.63) is 59.9 Å². The minimum Gasteiger partial charge on any atom is -0.337 e. The summed E-state index contributed by atoms with van der Waals surface area (Å²) in [5.41, 5.74) is 1.22. The SMILES string of the molecule is Cc1ccc(-n2c(SCC(=O)NC(C)(C#N)C(C)C)nnc2-c2ccccc2F)cc1. The van der Waals surface area contributed by atoms with Crippen LogP contribution in [0.3, 0.4) is 0 Å². The van der Waals surface area contributed by atoms with Crippen molar-refractivity contribution in [1.29, 1.82) is 5.26 Å². The van der Waals surface area contributed by atoms with Crippen LogP contribution in [0.25, 0.3) is 17.1 Å². The van der Waals surface area contributed by atoms with E-state index >= 15 is 0 Å². The summed E-state index contributed by atoms with van der Waals surface area (Å²) in [7, 11) is 0. The van der Waals surface area contributed by atoms with Gasteiger partial charge in [0.25, 0.3) is 0 Å². The van der Waals surface area contributed by atoms with Crippen LogP contribution in [0.1, 0.15) is 26.3 Å². The van der Waals surface area contributed by atoms with Crippen LogP contribution >= 0.6 is 11.8 Å². The Labute approximate surface area is 185 Å². The molecule has 160 valence electrons. The first kappa shape index (κ1) is 22.5. The van der Waals surface area contributed by atoms with Crippen LogP contribution in [0, 0.1) is 30.0 Å². The minimum absolute atomic E-state index is 0.0460. The summed E-state index contributed by atoms with van der Waals surface area (Å²) in [6.45, 7) is 7.44. The monoisotopic (exact) mass is 437 g/mol. The number of carbonyl (C=O) groups is 1. The van der Waals surface area contributed by atoms with Gasteiger partial charge in [-0.25, -0.2) is 4.39 Å². The topological polar surface area (TPSA) is 83.6 Å². The highest BCUT2D eigenvalue weighted by atomic mass is 32.2. The van der Waals surface area contributed by atoms with Crippen LogP contribution in [-0.2, 0) is 4.79 Å². The summed E-state index contributed by atoms with van der Waals surface area (Å²) in [6, 6.07) is 16.2. The third-order valence-corrected chi connectivity index (χ3v) is 6.09. The molecule has 1 amide bonds. The summed E-state index contributed by atoms with van der Waals surface area (Å²) >= 11 is 1.18. The molecular formula is C23H24FN5OS. The highest BCUT2D eigenvalue weighted by Gasteiger charge is 2.30. The second-order valence-corrected chi connectivity index (χ2v) is 8.71. The molecule has 0 aliphatic rings. The van der Waals surface area contributed by atoms with Crippen molar-refractivity contribution in [3.8, 4) is 23.1 Å². The van der Waals surface area contributed by atoms with Crippen molar-refractivity contribution in [2.24, 2.45) is 5.92 Å². The standard InChI is InChI=1S/C23H24FN5OS/c1-15(2)23(4,14-25)26-20(30)13-31-22-28-27-21(18-7-5-6-8-19(18)24)29(22)17-11-9-16(3)10-12-17/h5-12,15H,13H2,1-4H3,(H,26,30). The van der Waals surface area contributed by atoms with Gasteiger partial charge < -0.3 is 5.32 Å². The largest absolute Gasteiger partial charge is 0.337 e. The van der Waals surface area contributed by atoms with Crippen molar-refractivity contribution >= 4 is 17.7 Å². The highest BCUT2D eigenvalue weighted by Crippen LogP contribution is 2.29. The predicted molar refractivity (Wildman–Crippen MR) is 119 cm³/mol. The Morgan fingerprint density at radius 2 is 1.90 bits per heavy atom. The third kappa shape index (κ3) is 4.94. The molecule has 6 nitrogen and oxygen atoms in total. The van der Waals surface area contributed by atoms with Crippen molar-refractivity contribution in [2.45, 2.75) is 38.4 Å². The predicted octanol–water partition coefficient (Wildman–Crippen LogP) is 4.53. The van der Waals surface area contributed by atoms with E-state index in [1.54, 1.807) is 29.7 Å². The number of hydrogen-bond donors (Lipinski definition) is 1. The van der Waals surface area contributed by atoms with Gasteiger partial charge >= 0.3 is 0 Å². The molecule has 1 unspecified atom stereocenters. The fourth-order valence-electron chi connectivity index (χ4n) is 2.86. The molecular weight excluding hydrogens is 413 g/mol. The van der Waals surface area contributed by atoms with E-state index in [4.69, 9.17) is 0 Å². The average molecular weight is 438 g/mol. The molecule has 0 aliphatic carbocycles. The number of carbonyl (C=O) groups excluding carboxylic acids is 1. The van der Waals surface area contributed by atoms with E-state index in [1.165, 1.54) is 17.8 Å². The summed E-state index contributed by atoms with van der Waals surface area (Å²) < 4.78 is 16.2. The first-order valence-electron chi connectivity index (χ1n) is 9.87. The first-order chi connectivity index (χ1) is 14.7. The number of nitriles is 1. The number of aryl methyl sites for hydroxylation is 1. The molecule has 1 N–H and O–H groups in total. The number of amides is 1. The molecule has 0 bridgehead atoms. The van der Waals surface area contributed by atoms with Gasteiger partial charge in [0.05, 0.1) is 17.4 Å². The van der Waals surface area contributed by atoms with Crippen molar-refractivity contribution in [1.82, 2.24) is 20.1 Å². The molecule has 0 saturated heterocycles. The zero-order chi connectivity index (χ0) is 22.6. The number of hydrogen-bond acceptors (Lipinski definition) is 5. The molecule has 3 rings (SSSR count). The lowest BCUT2D eigenvalue weighted by Crippen LogP contribution is -2.49. The summed E-state index contributed by atoms with van der Waals surface area (Å²) in [6.07, 6.45) is 0. The highest BCUT2D eigenvalue weighted by molar-refractivity contribution is 7.99. The maximum Gasteiger partial charge on any atom is 0.231 e. The molecule has 0 saturated carbocycles. The van der Waals surface area contributed by atoms with Crippen molar-refractivity contribution in [2.75, 3.05) is 5.75 Å². The fraction of sp³-hybridized carbons (Fsp3) is 0.304. The maximum atomic E-state index is 14.5. The Morgan fingerprint density at radius 3 is 2.52 bits per heavy atom. The lowest BCUT2D eigenvalue weighted by atomic mass is 9.90. The zero-order valence-electron chi connectivity index (χ0n) is 17.9. The van der Waals surface area contributed by atoms with Gasteiger partial charge in [0.15, 0.2) is 11.0 Å². The average Bonchev–Trinajstić information content (AvgIpc) is 3.16. The molecule has 0 spiro atoms. The van der Waals surface area contributed by atoms with Crippen LogP contribution < -0.4 is 5.32 Å². The molecule has 1 aromatic heterocycles. The van der Waals surface area contributed by atoms with E-state index < -0.39 is 11.4 Å². The Kier molecular flexibility index (Phi) is 6.76. The number of nitrogens with zero attached hydrogens (tertiary/aromatic N) is 4. The van der Waals surface area contributed by atoms with Gasteiger partial charge in [0, 0.05) is 5.69 Å². The molecule has 8 heteroatoms. The molecule has 2 aromatic carbocycles. The van der Waals surface area contributed by atoms with Crippen LogP contribution in [0.5, 0.6) is 0 Å². The third-order valence-electron chi connectivity index (χ3n) is 5.16. The van der Waals surface area contributed by atoms with Crippen LogP contribution in [0.4, 0.5) is 4.39 Å². The summed E-state index contributed by atoms with van der Waals surface area (Å²) in [4.78, 5) is 12.5. The van der Waals surface area contributed by atoms with E-state index in [-0.39, 0.29) is 17.6 Å². The lowest BCUT2D eigenvalue weighted by molar-refractivity contribution is -0.120. The van der Waals surface area contributed by atoms with E-state index in [0.29, 0.717) is 16.5 Å². The molecule has 3 aromatic rings. The maximum absolute atomic E-state index is 14.5. The van der Waals surface area contributed by atoms with E-state index in [9.17, 15) is 14.4 Å². The number of rotatable bonds is 7. The van der Waals surface area contributed by atoms with Gasteiger partial charge in [-0.3, -0.25) is 9.36 Å². The molecule has 0 aliphatic heterocycles. The second kappa shape index (κ2) is 9.31. The zero-order valence-corrected chi connectivity index (χ0v) is 18.7. The minimum atomic E-state index is -0.958. The lowest BCUT2D eigenvalue weighted by Gasteiger charge is -2.27. The number of halogens is 1. The first-order valence-corrected chi connectivity index (χ1v) is 10.9. The molecule has 1 heterocycles. The van der Waals surface area contributed by atoms with E-state index in [2.05, 4.69) is 21.6 Å². The van der Waals surface area contributed by atoms with Gasteiger partial charge in [-0.1, -0.05) is 55.4 Å². The van der Waals surface area contributed by atoms with Crippen LogP contribution in [0.15, 0.2) is 53.7 Å². The number of aromatic nitrogens is 3. The van der Waals surface area contributed by atoms with Crippen molar-refractivity contribution in [3.63, 3.8) is 0 Å². The van der Waals surface area contributed by atoms with E-state index in [0.717, 1.165) is 11.3 Å². The molecule has 31 heavy (non-hydrogen) atoms. The number of thioether (sulfide) groups is 1. The molecule has 0 radical (unpaired) electrons. The van der Waals surface area contributed by atoms with Gasteiger partial charge in [0.1, 0.15) is 11.4 Å². The van der Waals surface area contributed by atoms with Gasteiger partial charge in [0.2, 0.25) is 5.91 Å². The normalized spacial score (nSPS) is 12.9. The van der Waals surface area contributed by atoms with E-state index in [1.807, 2.05) is 45.0 Å². The molecule has 1 atom stereocenters. The Bertz CT molecular complexity index is 1120. The van der Waals surface area contributed by atoms with Gasteiger partial charge in [-0.05, 0) is 44.0 Å². The smallest absolute Gasteiger partial charge is 0.231 e. The molecule has 0 fully saturated rings. The number of nitrogens with one attached hydrogen (secondary N) is 1.